The molecule has 2 saturated heterocycles. The normalized spacial score (nSPS) is 35.2. The van der Waals surface area contributed by atoms with E-state index in [0.29, 0.717) is 6.17 Å². The average Bonchev–Trinajstić information content (AvgIpc) is 2.62. The van der Waals surface area contributed by atoms with Crippen LogP contribution in [-0.4, -0.2) is 38.8 Å². The van der Waals surface area contributed by atoms with Gasteiger partial charge in [-0.3, -0.25) is 5.32 Å². The van der Waals surface area contributed by atoms with Crippen LogP contribution in [0.15, 0.2) is 0 Å². The van der Waals surface area contributed by atoms with Crippen LogP contribution in [0.5, 0.6) is 0 Å². The Morgan fingerprint density at radius 2 is 2.18 bits per heavy atom. The largest absolute Gasteiger partial charge is 0.346 e. The molecule has 2 rings (SSSR count). The smallest absolute Gasteiger partial charge is 0.183 e. The predicted octanol–water partition coefficient (Wildman–Crippen LogP) is -0.732. The number of rotatable bonds is 1. The molecule has 0 aromatic rings. The third-order valence-corrected chi connectivity index (χ3v) is 2.29. The van der Waals surface area contributed by atoms with Crippen molar-refractivity contribution in [1.82, 2.24) is 10.6 Å². The molecule has 0 aliphatic carbocycles. The van der Waals surface area contributed by atoms with E-state index in [-0.39, 0.29) is 5.79 Å². The van der Waals surface area contributed by atoms with Crippen LogP contribution in [0.3, 0.4) is 0 Å². The number of hydrogen-bond acceptors (Lipinski definition) is 4. The van der Waals surface area contributed by atoms with Gasteiger partial charge in [-0.15, -0.1) is 0 Å². The van der Waals surface area contributed by atoms with Gasteiger partial charge in [-0.25, -0.2) is 0 Å². The molecule has 0 radical (unpaired) electrons. The Balaban J connectivity index is 1.96. The third-order valence-electron chi connectivity index (χ3n) is 2.29. The van der Waals surface area contributed by atoms with Crippen molar-refractivity contribution < 1.29 is 9.47 Å². The first kappa shape index (κ1) is 7.49. The summed E-state index contributed by atoms with van der Waals surface area (Å²) in [5.41, 5.74) is 0. The van der Waals surface area contributed by atoms with Crippen molar-refractivity contribution in [3.8, 4) is 0 Å². The van der Waals surface area contributed by atoms with Crippen molar-refractivity contribution in [2.24, 2.45) is 0 Å². The standard InChI is InChI=1S/C7H14N2O2/c1-8-6-4-7(5-9-6)10-2-3-11-7/h6,8-9H,2-5H2,1H3. The summed E-state index contributed by atoms with van der Waals surface area (Å²) in [6.45, 7) is 2.27. The highest BCUT2D eigenvalue weighted by molar-refractivity contribution is 4.89. The van der Waals surface area contributed by atoms with Gasteiger partial charge in [-0.05, 0) is 7.05 Å². The van der Waals surface area contributed by atoms with Gasteiger partial charge >= 0.3 is 0 Å². The molecule has 0 bridgehead atoms. The molecule has 2 N–H and O–H groups in total. The van der Waals surface area contributed by atoms with Gasteiger partial charge in [-0.2, -0.15) is 0 Å². The fourth-order valence-corrected chi connectivity index (χ4v) is 1.66. The summed E-state index contributed by atoms with van der Waals surface area (Å²) in [4.78, 5) is 0. The van der Waals surface area contributed by atoms with E-state index in [2.05, 4.69) is 10.6 Å². The van der Waals surface area contributed by atoms with E-state index in [9.17, 15) is 0 Å². The molecule has 2 fully saturated rings. The van der Waals surface area contributed by atoms with Crippen LogP contribution in [0.1, 0.15) is 6.42 Å². The molecule has 0 aromatic carbocycles. The highest BCUT2D eigenvalue weighted by Gasteiger charge is 2.43. The first-order chi connectivity index (χ1) is 5.35. The van der Waals surface area contributed by atoms with Gasteiger partial charge in [0.25, 0.3) is 0 Å². The molecule has 64 valence electrons. The van der Waals surface area contributed by atoms with Crippen molar-refractivity contribution in [3.63, 3.8) is 0 Å². The van der Waals surface area contributed by atoms with Gasteiger partial charge in [0.2, 0.25) is 0 Å². The molecule has 1 atom stereocenters. The Morgan fingerprint density at radius 3 is 2.73 bits per heavy atom. The van der Waals surface area contributed by atoms with E-state index in [4.69, 9.17) is 9.47 Å². The quantitative estimate of drug-likeness (QED) is 0.528. The molecule has 0 aromatic heterocycles. The van der Waals surface area contributed by atoms with Crippen molar-refractivity contribution >= 4 is 0 Å². The second-order valence-electron chi connectivity index (χ2n) is 3.03. The van der Waals surface area contributed by atoms with Gasteiger partial charge in [-0.1, -0.05) is 0 Å². The number of nitrogens with one attached hydrogen (secondary N) is 2. The molecular formula is C7H14N2O2. The van der Waals surface area contributed by atoms with Gasteiger partial charge in [0.05, 0.1) is 25.9 Å². The molecule has 0 saturated carbocycles. The Bertz CT molecular complexity index is 145. The Morgan fingerprint density at radius 1 is 1.45 bits per heavy atom. The maximum atomic E-state index is 5.51. The molecule has 2 aliphatic heterocycles. The first-order valence-corrected chi connectivity index (χ1v) is 4.03. The molecule has 2 heterocycles. The molecule has 1 unspecified atom stereocenters. The van der Waals surface area contributed by atoms with Gasteiger partial charge in [0.15, 0.2) is 5.79 Å². The first-order valence-electron chi connectivity index (χ1n) is 4.03. The SMILES string of the molecule is CNC1CC2(CN1)OCCO2. The van der Waals surface area contributed by atoms with Crippen LogP contribution in [0.4, 0.5) is 0 Å². The summed E-state index contributed by atoms with van der Waals surface area (Å²) in [5, 5.41) is 6.42. The van der Waals surface area contributed by atoms with E-state index in [1.165, 1.54) is 0 Å². The van der Waals surface area contributed by atoms with Crippen LogP contribution in [-0.2, 0) is 9.47 Å². The van der Waals surface area contributed by atoms with E-state index in [1.54, 1.807) is 0 Å². The van der Waals surface area contributed by atoms with Gasteiger partial charge < -0.3 is 14.8 Å². The summed E-state index contributed by atoms with van der Waals surface area (Å²) in [5.74, 6) is -0.312. The van der Waals surface area contributed by atoms with Crippen molar-refractivity contribution in [2.45, 2.75) is 18.4 Å². The molecule has 11 heavy (non-hydrogen) atoms. The van der Waals surface area contributed by atoms with Crippen LogP contribution in [0.25, 0.3) is 0 Å². The summed E-state index contributed by atoms with van der Waals surface area (Å²) >= 11 is 0. The summed E-state index contributed by atoms with van der Waals surface area (Å²) < 4.78 is 11.0. The summed E-state index contributed by atoms with van der Waals surface area (Å²) in [6.07, 6.45) is 1.25. The molecular weight excluding hydrogens is 144 g/mol. The Kier molecular flexibility index (Phi) is 1.85. The molecule has 2 aliphatic rings. The van der Waals surface area contributed by atoms with Crippen LogP contribution in [0, 0.1) is 0 Å². The molecule has 4 heteroatoms. The van der Waals surface area contributed by atoms with E-state index in [0.717, 1.165) is 26.2 Å². The minimum Gasteiger partial charge on any atom is -0.346 e. The fraction of sp³-hybridized carbons (Fsp3) is 1.00. The van der Waals surface area contributed by atoms with E-state index < -0.39 is 0 Å². The van der Waals surface area contributed by atoms with E-state index in [1.807, 2.05) is 7.05 Å². The zero-order valence-corrected chi connectivity index (χ0v) is 6.72. The third kappa shape index (κ3) is 1.27. The molecule has 4 nitrogen and oxygen atoms in total. The van der Waals surface area contributed by atoms with Crippen LogP contribution < -0.4 is 10.6 Å². The maximum Gasteiger partial charge on any atom is 0.183 e. The van der Waals surface area contributed by atoms with Crippen molar-refractivity contribution in [2.75, 3.05) is 26.8 Å². The molecule has 1 spiro atoms. The van der Waals surface area contributed by atoms with Crippen molar-refractivity contribution in [3.05, 3.63) is 0 Å². The topological polar surface area (TPSA) is 42.5 Å². The zero-order chi connectivity index (χ0) is 7.73. The minimum absolute atomic E-state index is 0.312. The van der Waals surface area contributed by atoms with Gasteiger partial charge in [0.1, 0.15) is 0 Å². The lowest BCUT2D eigenvalue weighted by Gasteiger charge is -2.19. The zero-order valence-electron chi connectivity index (χ0n) is 6.72. The van der Waals surface area contributed by atoms with Gasteiger partial charge in [0, 0.05) is 6.42 Å². The highest BCUT2D eigenvalue weighted by atomic mass is 16.7. The lowest BCUT2D eigenvalue weighted by molar-refractivity contribution is -0.141. The highest BCUT2D eigenvalue weighted by Crippen LogP contribution is 2.27. The number of ether oxygens (including phenoxy) is 2. The Labute approximate surface area is 66.2 Å². The second kappa shape index (κ2) is 2.71. The fourth-order valence-electron chi connectivity index (χ4n) is 1.66. The summed E-state index contributed by atoms with van der Waals surface area (Å²) in [7, 11) is 1.94. The predicted molar refractivity (Wildman–Crippen MR) is 40.1 cm³/mol. The van der Waals surface area contributed by atoms with Crippen LogP contribution in [0.2, 0.25) is 0 Å². The lowest BCUT2D eigenvalue weighted by atomic mass is 10.2. The summed E-state index contributed by atoms with van der Waals surface area (Å²) in [6, 6.07) is 0. The lowest BCUT2D eigenvalue weighted by Crippen LogP contribution is -2.34. The van der Waals surface area contributed by atoms with E-state index >= 15 is 0 Å². The Hall–Kier alpha value is -0.160. The second-order valence-corrected chi connectivity index (χ2v) is 3.03. The number of hydrogen-bond donors (Lipinski definition) is 2. The van der Waals surface area contributed by atoms with Crippen molar-refractivity contribution in [1.29, 1.82) is 0 Å². The van der Waals surface area contributed by atoms with Crippen LogP contribution >= 0.6 is 0 Å². The monoisotopic (exact) mass is 158 g/mol. The average molecular weight is 158 g/mol. The minimum atomic E-state index is -0.312. The molecule has 0 amide bonds. The maximum absolute atomic E-state index is 5.51.